The second kappa shape index (κ2) is 16.7. The van der Waals surface area contributed by atoms with Gasteiger partial charge in [0.1, 0.15) is 17.5 Å². The summed E-state index contributed by atoms with van der Waals surface area (Å²) in [4.78, 5) is 28.4. The van der Waals surface area contributed by atoms with Gasteiger partial charge in [0, 0.05) is 42.0 Å². The highest BCUT2D eigenvalue weighted by molar-refractivity contribution is 6.12. The quantitative estimate of drug-likeness (QED) is 0.0685. The molecule has 0 heterocycles. The van der Waals surface area contributed by atoms with Crippen LogP contribution in [0.3, 0.4) is 0 Å². The molecule has 0 fully saturated rings. The molecule has 0 saturated carbocycles. The zero-order chi connectivity index (χ0) is 32.8. The van der Waals surface area contributed by atoms with E-state index >= 15 is 0 Å². The summed E-state index contributed by atoms with van der Waals surface area (Å²) in [6, 6.07) is 41.9. The Labute approximate surface area is 276 Å². The fourth-order valence-corrected chi connectivity index (χ4v) is 5.41. The topological polar surface area (TPSA) is 77.1 Å². The van der Waals surface area contributed by atoms with Gasteiger partial charge in [-0.15, -0.1) is 0 Å². The van der Waals surface area contributed by atoms with Crippen molar-refractivity contribution in [1.82, 2.24) is 0 Å². The first-order valence-electron chi connectivity index (χ1n) is 15.7. The highest BCUT2D eigenvalue weighted by Crippen LogP contribution is 2.23. The maximum Gasteiger partial charge on any atom is 0.328 e. The number of nitrogens with one attached hydrogen (secondary N) is 1. The number of anilines is 2. The lowest BCUT2D eigenvalue weighted by Crippen LogP contribution is -2.33. The highest BCUT2D eigenvalue weighted by Gasteiger charge is 2.22. The van der Waals surface area contributed by atoms with Gasteiger partial charge in [0.15, 0.2) is 5.78 Å². The molecule has 0 aromatic heterocycles. The van der Waals surface area contributed by atoms with E-state index in [1.807, 2.05) is 72.8 Å². The molecule has 1 atom stereocenters. The summed E-state index contributed by atoms with van der Waals surface area (Å²) < 4.78 is 16.6. The minimum absolute atomic E-state index is 0.119. The Hall–Kier alpha value is -5.56. The van der Waals surface area contributed by atoms with Crippen molar-refractivity contribution in [2.45, 2.75) is 25.4 Å². The molecule has 5 rings (SSSR count). The highest BCUT2D eigenvalue weighted by atomic mass is 16.5. The maximum atomic E-state index is 13.2. The summed E-state index contributed by atoms with van der Waals surface area (Å²) in [5, 5.41) is 3.26. The van der Waals surface area contributed by atoms with Crippen molar-refractivity contribution in [3.05, 3.63) is 156 Å². The SMILES string of the molecule is COC(=O)[C@H](Cc1ccc(OCCCN(Cc2cccc(OC)c2)c2ccccc2)cc1)Nc1ccccc1C(=O)c1ccccc1. The van der Waals surface area contributed by atoms with Crippen LogP contribution in [0, 0.1) is 0 Å². The molecule has 0 amide bonds. The number of carbonyl (C=O) groups is 2. The van der Waals surface area contributed by atoms with Gasteiger partial charge in [-0.3, -0.25) is 4.79 Å². The Morgan fingerprint density at radius 3 is 2.15 bits per heavy atom. The first kappa shape index (κ1) is 32.8. The van der Waals surface area contributed by atoms with E-state index in [1.54, 1.807) is 31.4 Å². The van der Waals surface area contributed by atoms with Crippen LogP contribution in [0.1, 0.15) is 33.5 Å². The molecule has 0 unspecified atom stereocenters. The molecule has 0 aliphatic carbocycles. The second-order valence-electron chi connectivity index (χ2n) is 11.1. The van der Waals surface area contributed by atoms with Crippen LogP contribution < -0.4 is 19.7 Å². The number of rotatable bonds is 16. The number of benzene rings is 5. The standard InChI is InChI=1S/C40H40N2O5/c1-45-35-18-11-13-31(27-35)29-42(33-16-7-4-8-17-33)25-12-26-47-34-23-21-30(22-24-34)28-38(40(44)46-2)41-37-20-10-9-19-36(37)39(43)32-14-5-3-6-15-32/h3-11,13-24,27,38,41H,12,25-26,28-29H2,1-2H3/t38-/m0/s1. The molecule has 0 saturated heterocycles. The van der Waals surface area contributed by atoms with Gasteiger partial charge in [0.2, 0.25) is 0 Å². The van der Waals surface area contributed by atoms with Crippen LogP contribution in [0.25, 0.3) is 0 Å². The number of hydrogen-bond acceptors (Lipinski definition) is 7. The predicted octanol–water partition coefficient (Wildman–Crippen LogP) is 7.60. The number of ether oxygens (including phenoxy) is 3. The molecule has 5 aromatic rings. The molecule has 0 spiro atoms. The third-order valence-corrected chi connectivity index (χ3v) is 7.86. The van der Waals surface area contributed by atoms with Gasteiger partial charge >= 0.3 is 5.97 Å². The molecule has 7 nitrogen and oxygen atoms in total. The van der Waals surface area contributed by atoms with Gasteiger partial charge in [0.25, 0.3) is 0 Å². The van der Waals surface area contributed by atoms with Crippen LogP contribution in [0.2, 0.25) is 0 Å². The molecule has 7 heteroatoms. The van der Waals surface area contributed by atoms with Crippen molar-refractivity contribution in [3.63, 3.8) is 0 Å². The van der Waals surface area contributed by atoms with E-state index in [9.17, 15) is 9.59 Å². The van der Waals surface area contributed by atoms with Gasteiger partial charge in [0.05, 0.1) is 20.8 Å². The molecule has 240 valence electrons. The zero-order valence-electron chi connectivity index (χ0n) is 26.8. The normalized spacial score (nSPS) is 11.3. The Morgan fingerprint density at radius 2 is 1.43 bits per heavy atom. The van der Waals surface area contributed by atoms with Gasteiger partial charge in [-0.1, -0.05) is 84.9 Å². The van der Waals surface area contributed by atoms with E-state index in [2.05, 4.69) is 46.6 Å². The minimum atomic E-state index is -0.690. The largest absolute Gasteiger partial charge is 0.497 e. The van der Waals surface area contributed by atoms with Crippen LogP contribution in [-0.4, -0.2) is 45.2 Å². The second-order valence-corrected chi connectivity index (χ2v) is 11.1. The summed E-state index contributed by atoms with van der Waals surface area (Å²) in [6.45, 7) is 2.13. The minimum Gasteiger partial charge on any atom is -0.497 e. The Bertz CT molecular complexity index is 1730. The average Bonchev–Trinajstić information content (AvgIpc) is 3.13. The lowest BCUT2D eigenvalue weighted by Gasteiger charge is -2.25. The van der Waals surface area contributed by atoms with E-state index in [0.29, 0.717) is 29.8 Å². The molecule has 0 radical (unpaired) electrons. The van der Waals surface area contributed by atoms with E-state index in [-0.39, 0.29) is 5.78 Å². The van der Waals surface area contributed by atoms with E-state index in [4.69, 9.17) is 14.2 Å². The van der Waals surface area contributed by atoms with Gasteiger partial charge < -0.3 is 24.4 Å². The first-order chi connectivity index (χ1) is 23.0. The van der Waals surface area contributed by atoms with E-state index < -0.39 is 12.0 Å². The molecule has 0 bridgehead atoms. The Morgan fingerprint density at radius 1 is 0.723 bits per heavy atom. The van der Waals surface area contributed by atoms with Crippen LogP contribution in [0.15, 0.2) is 133 Å². The van der Waals surface area contributed by atoms with Gasteiger partial charge in [-0.05, 0) is 66.1 Å². The number of hydrogen-bond donors (Lipinski definition) is 1. The summed E-state index contributed by atoms with van der Waals surface area (Å²) in [6.07, 6.45) is 1.20. The number of esters is 1. The average molecular weight is 629 g/mol. The summed E-state index contributed by atoms with van der Waals surface area (Å²) >= 11 is 0. The number of para-hydroxylation sites is 2. The molecular weight excluding hydrogens is 588 g/mol. The van der Waals surface area contributed by atoms with Crippen LogP contribution in [-0.2, 0) is 22.5 Å². The maximum absolute atomic E-state index is 13.2. The third-order valence-electron chi connectivity index (χ3n) is 7.86. The van der Waals surface area contributed by atoms with E-state index in [1.165, 1.54) is 12.7 Å². The number of carbonyl (C=O) groups excluding carboxylic acids is 2. The van der Waals surface area contributed by atoms with Crippen LogP contribution in [0.4, 0.5) is 11.4 Å². The van der Waals surface area contributed by atoms with E-state index in [0.717, 1.165) is 42.3 Å². The molecule has 5 aromatic carbocycles. The fourth-order valence-electron chi connectivity index (χ4n) is 5.41. The Balaban J connectivity index is 1.18. The molecular formula is C40H40N2O5. The van der Waals surface area contributed by atoms with Crippen molar-refractivity contribution in [1.29, 1.82) is 0 Å². The van der Waals surface area contributed by atoms with Gasteiger partial charge in [-0.25, -0.2) is 4.79 Å². The summed E-state index contributed by atoms with van der Waals surface area (Å²) in [5.74, 6) is 1.07. The predicted molar refractivity (Wildman–Crippen MR) is 186 cm³/mol. The monoisotopic (exact) mass is 628 g/mol. The number of methoxy groups -OCH3 is 2. The lowest BCUT2D eigenvalue weighted by molar-refractivity contribution is -0.141. The van der Waals surface area contributed by atoms with Crippen molar-refractivity contribution in [2.24, 2.45) is 0 Å². The third kappa shape index (κ3) is 9.23. The van der Waals surface area contributed by atoms with Crippen molar-refractivity contribution in [2.75, 3.05) is 37.6 Å². The van der Waals surface area contributed by atoms with Gasteiger partial charge in [-0.2, -0.15) is 0 Å². The number of nitrogens with zero attached hydrogens (tertiary/aromatic N) is 1. The van der Waals surface area contributed by atoms with Crippen molar-refractivity contribution >= 4 is 23.1 Å². The van der Waals surface area contributed by atoms with Crippen LogP contribution >= 0.6 is 0 Å². The first-order valence-corrected chi connectivity index (χ1v) is 15.7. The number of ketones is 1. The van der Waals surface area contributed by atoms with Crippen LogP contribution in [0.5, 0.6) is 11.5 Å². The zero-order valence-corrected chi connectivity index (χ0v) is 26.8. The molecule has 1 N–H and O–H groups in total. The Kier molecular flexibility index (Phi) is 11.6. The lowest BCUT2D eigenvalue weighted by atomic mass is 10.00. The summed E-state index contributed by atoms with van der Waals surface area (Å²) in [7, 11) is 3.05. The molecule has 47 heavy (non-hydrogen) atoms. The fraction of sp³-hybridized carbons (Fsp3) is 0.200. The van der Waals surface area contributed by atoms with Crippen molar-refractivity contribution < 1.29 is 23.8 Å². The molecule has 0 aliphatic heterocycles. The molecule has 0 aliphatic rings. The smallest absolute Gasteiger partial charge is 0.328 e. The summed E-state index contributed by atoms with van der Waals surface area (Å²) in [5.41, 5.74) is 4.91. The van der Waals surface area contributed by atoms with Crippen molar-refractivity contribution in [3.8, 4) is 11.5 Å².